The summed E-state index contributed by atoms with van der Waals surface area (Å²) in [6.45, 7) is 3.54. The minimum atomic E-state index is -0.331. The number of amides is 2. The smallest absolute Gasteiger partial charge is 0.253 e. The summed E-state index contributed by atoms with van der Waals surface area (Å²) in [5.41, 5.74) is 2.15. The van der Waals surface area contributed by atoms with Gasteiger partial charge in [0.25, 0.3) is 5.91 Å². The van der Waals surface area contributed by atoms with E-state index in [4.69, 9.17) is 4.74 Å². The molecule has 7 heteroatoms. The Kier molecular flexibility index (Phi) is 6.80. The molecule has 1 aliphatic rings. The first-order valence-corrected chi connectivity index (χ1v) is 6.93. The molecule has 0 bridgehead atoms. The first-order valence-electron chi connectivity index (χ1n) is 6.93. The maximum Gasteiger partial charge on any atom is 0.253 e. The Labute approximate surface area is 136 Å². The number of carbonyl (C=O) groups excluding carboxylic acids is 2. The fraction of sp³-hybridized carbons (Fsp3) is 0.467. The molecule has 122 valence electrons. The van der Waals surface area contributed by atoms with Crippen molar-refractivity contribution in [3.05, 3.63) is 29.3 Å². The van der Waals surface area contributed by atoms with E-state index in [1.165, 1.54) is 4.90 Å². The van der Waals surface area contributed by atoms with Crippen LogP contribution in [0.15, 0.2) is 18.2 Å². The van der Waals surface area contributed by atoms with Crippen LogP contribution in [-0.4, -0.2) is 56.6 Å². The van der Waals surface area contributed by atoms with Gasteiger partial charge in [-0.25, -0.2) is 0 Å². The third-order valence-corrected chi connectivity index (χ3v) is 3.37. The quantitative estimate of drug-likeness (QED) is 0.870. The summed E-state index contributed by atoms with van der Waals surface area (Å²) in [5.74, 6) is -0.173. The topological polar surface area (TPSA) is 70.7 Å². The first kappa shape index (κ1) is 18.4. The van der Waals surface area contributed by atoms with Crippen molar-refractivity contribution in [1.29, 1.82) is 0 Å². The summed E-state index contributed by atoms with van der Waals surface area (Å²) in [6, 6.07) is 4.95. The molecule has 0 spiro atoms. The van der Waals surface area contributed by atoms with Gasteiger partial charge in [0, 0.05) is 31.9 Å². The summed E-state index contributed by atoms with van der Waals surface area (Å²) >= 11 is 0. The van der Waals surface area contributed by atoms with Crippen molar-refractivity contribution in [3.63, 3.8) is 0 Å². The summed E-state index contributed by atoms with van der Waals surface area (Å²) < 4.78 is 5.27. The normalized spacial score (nSPS) is 17.3. The van der Waals surface area contributed by atoms with E-state index in [9.17, 15) is 9.59 Å². The van der Waals surface area contributed by atoms with Gasteiger partial charge in [0.2, 0.25) is 5.91 Å². The highest BCUT2D eigenvalue weighted by molar-refractivity contribution is 5.98. The van der Waals surface area contributed by atoms with Crippen molar-refractivity contribution in [3.8, 4) is 0 Å². The third kappa shape index (κ3) is 4.43. The van der Waals surface area contributed by atoms with Crippen LogP contribution in [0.4, 0.5) is 5.69 Å². The molecule has 1 saturated heterocycles. The Morgan fingerprint density at radius 1 is 1.36 bits per heavy atom. The van der Waals surface area contributed by atoms with Gasteiger partial charge >= 0.3 is 0 Å². The number of ether oxygens (including phenoxy) is 1. The number of rotatable bonds is 3. The molecule has 0 radical (unpaired) electrons. The largest absolute Gasteiger partial charge is 0.378 e. The Bertz CT molecular complexity index is 543. The highest BCUT2D eigenvalue weighted by Gasteiger charge is 2.21. The number of carbonyl (C=O) groups is 2. The minimum Gasteiger partial charge on any atom is -0.378 e. The second-order valence-electron chi connectivity index (χ2n) is 5.30. The van der Waals surface area contributed by atoms with Crippen molar-refractivity contribution in [2.24, 2.45) is 0 Å². The number of hydrogen-bond donors (Lipinski definition) is 2. The molecular formula is C15H22ClN3O3. The lowest BCUT2D eigenvalue weighted by Crippen LogP contribution is -2.48. The van der Waals surface area contributed by atoms with Crippen LogP contribution in [0.3, 0.4) is 0 Å². The number of anilines is 1. The molecule has 1 aliphatic heterocycles. The average Bonchev–Trinajstić information content (AvgIpc) is 2.47. The predicted octanol–water partition coefficient (Wildman–Crippen LogP) is 1.05. The van der Waals surface area contributed by atoms with Gasteiger partial charge in [-0.1, -0.05) is 0 Å². The second kappa shape index (κ2) is 8.12. The first-order chi connectivity index (χ1) is 9.99. The van der Waals surface area contributed by atoms with E-state index in [0.717, 1.165) is 5.56 Å². The van der Waals surface area contributed by atoms with Gasteiger partial charge in [-0.15, -0.1) is 12.4 Å². The summed E-state index contributed by atoms with van der Waals surface area (Å²) in [5, 5.41) is 5.94. The Balaban J connectivity index is 0.00000242. The molecule has 1 atom stereocenters. The Hall–Kier alpha value is -1.63. The van der Waals surface area contributed by atoms with Crippen LogP contribution in [0, 0.1) is 6.92 Å². The molecule has 1 heterocycles. The van der Waals surface area contributed by atoms with Gasteiger partial charge in [0.15, 0.2) is 0 Å². The van der Waals surface area contributed by atoms with Gasteiger partial charge in [-0.05, 0) is 30.7 Å². The van der Waals surface area contributed by atoms with Gasteiger partial charge in [0.1, 0.15) is 6.04 Å². The van der Waals surface area contributed by atoms with Gasteiger partial charge in [-0.2, -0.15) is 0 Å². The average molecular weight is 328 g/mol. The number of aryl methyl sites for hydroxylation is 1. The highest BCUT2D eigenvalue weighted by atomic mass is 35.5. The number of hydrogen-bond acceptors (Lipinski definition) is 4. The van der Waals surface area contributed by atoms with Crippen LogP contribution in [0.2, 0.25) is 0 Å². The van der Waals surface area contributed by atoms with Crippen molar-refractivity contribution >= 4 is 29.9 Å². The van der Waals surface area contributed by atoms with E-state index in [1.54, 1.807) is 32.3 Å². The van der Waals surface area contributed by atoms with Crippen LogP contribution in [-0.2, 0) is 9.53 Å². The standard InChI is InChI=1S/C15H21N3O3.ClH/c1-10-8-11(4-5-12(10)15(20)18(2)3)17-14(19)13-9-21-7-6-16-13;/h4-5,8,13,16H,6-7,9H2,1-3H3,(H,17,19);1H. The maximum absolute atomic E-state index is 12.1. The van der Waals surface area contributed by atoms with E-state index in [2.05, 4.69) is 10.6 Å². The molecule has 6 nitrogen and oxygen atoms in total. The fourth-order valence-corrected chi connectivity index (χ4v) is 2.19. The zero-order valence-corrected chi connectivity index (χ0v) is 13.8. The van der Waals surface area contributed by atoms with E-state index in [0.29, 0.717) is 31.0 Å². The SMILES string of the molecule is Cc1cc(NC(=O)C2COCCN2)ccc1C(=O)N(C)C.Cl. The lowest BCUT2D eigenvalue weighted by molar-refractivity contribution is -0.120. The lowest BCUT2D eigenvalue weighted by Gasteiger charge is -2.23. The van der Waals surface area contributed by atoms with Crippen molar-refractivity contribution in [1.82, 2.24) is 10.2 Å². The van der Waals surface area contributed by atoms with Crippen molar-refractivity contribution in [2.75, 3.05) is 39.2 Å². The van der Waals surface area contributed by atoms with E-state index < -0.39 is 0 Å². The second-order valence-corrected chi connectivity index (χ2v) is 5.30. The molecule has 2 N–H and O–H groups in total. The minimum absolute atomic E-state index is 0. The molecule has 1 aromatic carbocycles. The van der Waals surface area contributed by atoms with E-state index in [1.807, 2.05) is 6.92 Å². The Morgan fingerprint density at radius 2 is 2.09 bits per heavy atom. The molecule has 1 unspecified atom stereocenters. The number of morpholine rings is 1. The van der Waals surface area contributed by atoms with E-state index >= 15 is 0 Å². The number of benzene rings is 1. The molecule has 2 rings (SSSR count). The predicted molar refractivity (Wildman–Crippen MR) is 87.7 cm³/mol. The number of nitrogens with one attached hydrogen (secondary N) is 2. The van der Waals surface area contributed by atoms with Crippen LogP contribution in [0.5, 0.6) is 0 Å². The van der Waals surface area contributed by atoms with Gasteiger partial charge in [-0.3, -0.25) is 9.59 Å². The molecule has 0 aliphatic carbocycles. The van der Waals surface area contributed by atoms with Crippen LogP contribution in [0.25, 0.3) is 0 Å². The monoisotopic (exact) mass is 327 g/mol. The van der Waals surface area contributed by atoms with Crippen LogP contribution in [0.1, 0.15) is 15.9 Å². The van der Waals surface area contributed by atoms with Crippen LogP contribution < -0.4 is 10.6 Å². The number of halogens is 1. The zero-order chi connectivity index (χ0) is 15.4. The highest BCUT2D eigenvalue weighted by Crippen LogP contribution is 2.16. The molecular weight excluding hydrogens is 306 g/mol. The summed E-state index contributed by atoms with van der Waals surface area (Å²) in [6.07, 6.45) is 0. The molecule has 2 amide bonds. The molecule has 22 heavy (non-hydrogen) atoms. The summed E-state index contributed by atoms with van der Waals surface area (Å²) in [7, 11) is 3.43. The molecule has 1 aromatic rings. The third-order valence-electron chi connectivity index (χ3n) is 3.37. The van der Waals surface area contributed by atoms with Gasteiger partial charge in [0.05, 0.1) is 13.2 Å². The van der Waals surface area contributed by atoms with Crippen molar-refractivity contribution < 1.29 is 14.3 Å². The van der Waals surface area contributed by atoms with Gasteiger partial charge < -0.3 is 20.3 Å². The summed E-state index contributed by atoms with van der Waals surface area (Å²) in [4.78, 5) is 25.6. The van der Waals surface area contributed by atoms with E-state index in [-0.39, 0.29) is 30.3 Å². The van der Waals surface area contributed by atoms with Crippen molar-refractivity contribution in [2.45, 2.75) is 13.0 Å². The Morgan fingerprint density at radius 3 is 2.64 bits per heavy atom. The zero-order valence-electron chi connectivity index (χ0n) is 13.0. The lowest BCUT2D eigenvalue weighted by atomic mass is 10.1. The maximum atomic E-state index is 12.1. The molecule has 1 fully saturated rings. The molecule has 0 saturated carbocycles. The fourth-order valence-electron chi connectivity index (χ4n) is 2.19. The molecule has 0 aromatic heterocycles. The number of nitrogens with zero attached hydrogens (tertiary/aromatic N) is 1. The van der Waals surface area contributed by atoms with Crippen LogP contribution >= 0.6 is 12.4 Å².